The van der Waals surface area contributed by atoms with Crippen molar-refractivity contribution in [1.29, 1.82) is 0 Å². The minimum atomic E-state index is 0.0912. The summed E-state index contributed by atoms with van der Waals surface area (Å²) in [6, 6.07) is 16.2. The average Bonchev–Trinajstić information content (AvgIpc) is 2.67. The molecule has 1 N–H and O–H groups in total. The lowest BCUT2D eigenvalue weighted by Gasteiger charge is -2.31. The maximum atomic E-state index is 12.4. The first-order chi connectivity index (χ1) is 12.6. The second-order valence-corrected chi connectivity index (χ2v) is 7.40. The third-order valence-electron chi connectivity index (χ3n) is 4.66. The van der Waals surface area contributed by atoms with Gasteiger partial charge in [-0.05, 0) is 48.0 Å². The summed E-state index contributed by atoms with van der Waals surface area (Å²) in [5, 5.41) is 0. The number of hydrogen-bond donors (Lipinski definition) is 1. The summed E-state index contributed by atoms with van der Waals surface area (Å²) >= 11 is 3.45. The van der Waals surface area contributed by atoms with Crippen LogP contribution in [0.15, 0.2) is 59.1 Å². The number of piperazine rings is 1. The summed E-state index contributed by atoms with van der Waals surface area (Å²) in [6.45, 7) is 4.53. The topological polar surface area (TPSA) is 34.0 Å². The third kappa shape index (κ3) is 5.19. The normalized spacial score (nSPS) is 15.4. The molecule has 0 spiro atoms. The molecule has 3 rings (SSSR count). The van der Waals surface area contributed by atoms with Gasteiger partial charge in [0, 0.05) is 16.1 Å². The predicted octanol–water partition coefficient (Wildman–Crippen LogP) is 2.40. The molecule has 1 aliphatic rings. The molecule has 136 valence electrons. The Bertz CT molecular complexity index is 766. The minimum absolute atomic E-state index is 0.0912. The first-order valence-corrected chi connectivity index (χ1v) is 9.62. The predicted molar refractivity (Wildman–Crippen MR) is 107 cm³/mol. The van der Waals surface area contributed by atoms with Crippen LogP contribution in [0, 0.1) is 0 Å². The van der Waals surface area contributed by atoms with E-state index in [2.05, 4.69) is 28.1 Å². The Kier molecular flexibility index (Phi) is 6.47. The molecule has 0 atom stereocenters. The standard InChI is InChI=1S/C21H23BrN2O2/c1-26-20-8-5-18(6-9-20)16-23-11-13-24(14-12-23)21(25)10-7-17-3-2-4-19(22)15-17/h2-10,15H,11-14,16H2,1H3/p+1/b10-7+. The number of quaternary nitrogens is 1. The molecule has 2 aromatic carbocycles. The van der Waals surface area contributed by atoms with Crippen molar-refractivity contribution in [3.05, 3.63) is 70.2 Å². The number of methoxy groups -OCH3 is 1. The highest BCUT2D eigenvalue weighted by Crippen LogP contribution is 2.13. The van der Waals surface area contributed by atoms with Crippen LogP contribution in [-0.2, 0) is 11.3 Å². The van der Waals surface area contributed by atoms with Gasteiger partial charge in [0.05, 0.1) is 33.3 Å². The molecule has 0 bridgehead atoms. The van der Waals surface area contributed by atoms with E-state index >= 15 is 0 Å². The fourth-order valence-corrected chi connectivity index (χ4v) is 3.55. The molecule has 4 nitrogen and oxygen atoms in total. The molecule has 0 unspecified atom stereocenters. The Balaban J connectivity index is 1.48. The van der Waals surface area contributed by atoms with Crippen molar-refractivity contribution in [3.8, 4) is 5.75 Å². The van der Waals surface area contributed by atoms with Crippen LogP contribution in [-0.4, -0.2) is 44.1 Å². The number of rotatable bonds is 5. The number of benzene rings is 2. The third-order valence-corrected chi connectivity index (χ3v) is 5.16. The lowest BCUT2D eigenvalue weighted by molar-refractivity contribution is -0.917. The van der Waals surface area contributed by atoms with E-state index in [0.29, 0.717) is 0 Å². The second kappa shape index (κ2) is 9.01. The lowest BCUT2D eigenvalue weighted by Crippen LogP contribution is -3.13. The maximum absolute atomic E-state index is 12.4. The van der Waals surface area contributed by atoms with Crippen LogP contribution in [0.3, 0.4) is 0 Å². The molecule has 1 saturated heterocycles. The van der Waals surface area contributed by atoms with Crippen LogP contribution in [0.4, 0.5) is 0 Å². The van der Waals surface area contributed by atoms with Crippen molar-refractivity contribution in [2.45, 2.75) is 6.54 Å². The van der Waals surface area contributed by atoms with Crippen LogP contribution in [0.1, 0.15) is 11.1 Å². The number of carbonyl (C=O) groups is 1. The molecule has 1 amide bonds. The Labute approximate surface area is 163 Å². The largest absolute Gasteiger partial charge is 0.497 e. The molecule has 0 radical (unpaired) electrons. The second-order valence-electron chi connectivity index (χ2n) is 6.49. The van der Waals surface area contributed by atoms with Crippen molar-refractivity contribution in [2.24, 2.45) is 0 Å². The van der Waals surface area contributed by atoms with E-state index in [4.69, 9.17) is 4.74 Å². The number of ether oxygens (including phenoxy) is 1. The molecule has 1 aliphatic heterocycles. The highest BCUT2D eigenvalue weighted by Gasteiger charge is 2.22. The number of hydrogen-bond acceptors (Lipinski definition) is 2. The number of nitrogens with zero attached hydrogens (tertiary/aromatic N) is 1. The lowest BCUT2D eigenvalue weighted by atomic mass is 10.2. The molecule has 1 fully saturated rings. The molecule has 5 heteroatoms. The molecule has 26 heavy (non-hydrogen) atoms. The summed E-state index contributed by atoms with van der Waals surface area (Å²) in [4.78, 5) is 15.8. The highest BCUT2D eigenvalue weighted by molar-refractivity contribution is 9.10. The number of amides is 1. The highest BCUT2D eigenvalue weighted by atomic mass is 79.9. The number of carbonyl (C=O) groups excluding carboxylic acids is 1. The van der Waals surface area contributed by atoms with Gasteiger partial charge in [0.1, 0.15) is 12.3 Å². The van der Waals surface area contributed by atoms with Crippen molar-refractivity contribution < 1.29 is 14.4 Å². The van der Waals surface area contributed by atoms with Crippen LogP contribution in [0.5, 0.6) is 5.75 Å². The molecular formula is C21H24BrN2O2+. The van der Waals surface area contributed by atoms with Crippen molar-refractivity contribution >= 4 is 27.9 Å². The summed E-state index contributed by atoms with van der Waals surface area (Å²) in [7, 11) is 1.68. The average molecular weight is 416 g/mol. The summed E-state index contributed by atoms with van der Waals surface area (Å²) in [5.74, 6) is 0.977. The van der Waals surface area contributed by atoms with Gasteiger partial charge in [0.25, 0.3) is 0 Å². The first-order valence-electron chi connectivity index (χ1n) is 8.83. The zero-order valence-corrected chi connectivity index (χ0v) is 16.5. The fraction of sp³-hybridized carbons (Fsp3) is 0.286. The molecule has 1 heterocycles. The van der Waals surface area contributed by atoms with Crippen molar-refractivity contribution in [2.75, 3.05) is 33.3 Å². The van der Waals surface area contributed by atoms with E-state index < -0.39 is 0 Å². The number of halogens is 1. The summed E-state index contributed by atoms with van der Waals surface area (Å²) in [6.07, 6.45) is 3.56. The van der Waals surface area contributed by atoms with Gasteiger partial charge < -0.3 is 14.5 Å². The Morgan fingerprint density at radius 1 is 1.19 bits per heavy atom. The zero-order valence-electron chi connectivity index (χ0n) is 15.0. The van der Waals surface area contributed by atoms with E-state index in [1.807, 2.05) is 47.4 Å². The number of nitrogens with one attached hydrogen (secondary N) is 1. The van der Waals surface area contributed by atoms with E-state index in [-0.39, 0.29) is 5.91 Å². The molecule has 0 aromatic heterocycles. The quantitative estimate of drug-likeness (QED) is 0.760. The van der Waals surface area contributed by atoms with Crippen LogP contribution in [0.25, 0.3) is 6.08 Å². The van der Waals surface area contributed by atoms with Crippen LogP contribution in [0.2, 0.25) is 0 Å². The Morgan fingerprint density at radius 2 is 1.92 bits per heavy atom. The van der Waals surface area contributed by atoms with Gasteiger partial charge in [-0.1, -0.05) is 28.1 Å². The first kappa shape index (κ1) is 18.7. The van der Waals surface area contributed by atoms with Gasteiger partial charge in [-0.2, -0.15) is 0 Å². The van der Waals surface area contributed by atoms with Crippen molar-refractivity contribution in [3.63, 3.8) is 0 Å². The van der Waals surface area contributed by atoms with Crippen molar-refractivity contribution in [1.82, 2.24) is 4.90 Å². The van der Waals surface area contributed by atoms with Gasteiger partial charge in [-0.25, -0.2) is 0 Å². The van der Waals surface area contributed by atoms with E-state index in [9.17, 15) is 4.79 Å². The zero-order chi connectivity index (χ0) is 18.4. The van der Waals surface area contributed by atoms with Gasteiger partial charge >= 0.3 is 0 Å². The molecular weight excluding hydrogens is 392 g/mol. The Morgan fingerprint density at radius 3 is 2.58 bits per heavy atom. The van der Waals surface area contributed by atoms with Gasteiger partial charge in [-0.15, -0.1) is 0 Å². The fourth-order valence-electron chi connectivity index (χ4n) is 3.14. The summed E-state index contributed by atoms with van der Waals surface area (Å²) < 4.78 is 6.22. The van der Waals surface area contributed by atoms with Gasteiger partial charge in [0.2, 0.25) is 5.91 Å². The molecule has 0 saturated carbocycles. The monoisotopic (exact) mass is 415 g/mol. The van der Waals surface area contributed by atoms with E-state index in [1.165, 1.54) is 10.5 Å². The van der Waals surface area contributed by atoms with E-state index in [0.717, 1.165) is 48.5 Å². The summed E-state index contributed by atoms with van der Waals surface area (Å²) in [5.41, 5.74) is 2.33. The van der Waals surface area contributed by atoms with Crippen LogP contribution < -0.4 is 9.64 Å². The molecule has 2 aromatic rings. The van der Waals surface area contributed by atoms with Gasteiger partial charge in [-0.3, -0.25) is 4.79 Å². The maximum Gasteiger partial charge on any atom is 0.246 e. The van der Waals surface area contributed by atoms with Crippen LogP contribution >= 0.6 is 15.9 Å². The SMILES string of the molecule is COc1ccc(C[NH+]2CCN(C(=O)/C=C/c3cccc(Br)c3)CC2)cc1. The minimum Gasteiger partial charge on any atom is -0.497 e. The Hall–Kier alpha value is -2.11. The van der Waals surface area contributed by atoms with E-state index in [1.54, 1.807) is 13.2 Å². The smallest absolute Gasteiger partial charge is 0.246 e. The van der Waals surface area contributed by atoms with Gasteiger partial charge in [0.15, 0.2) is 0 Å². The molecule has 0 aliphatic carbocycles.